The molecule has 0 bridgehead atoms. The third-order valence-electron chi connectivity index (χ3n) is 12.2. The van der Waals surface area contributed by atoms with Gasteiger partial charge in [-0.15, -0.1) is 0 Å². The fourth-order valence-electron chi connectivity index (χ4n) is 8.59. The van der Waals surface area contributed by atoms with E-state index in [-0.39, 0.29) is 43.9 Å². The first-order valence-electron chi connectivity index (χ1n) is 19.8. The minimum absolute atomic E-state index is 0.0941. The summed E-state index contributed by atoms with van der Waals surface area (Å²) in [5.74, 6) is -3.78. The lowest BCUT2D eigenvalue weighted by atomic mass is 9.77. The van der Waals surface area contributed by atoms with Crippen molar-refractivity contribution in [2.75, 3.05) is 41.4 Å². The van der Waals surface area contributed by atoms with Gasteiger partial charge in [0, 0.05) is 38.1 Å². The van der Waals surface area contributed by atoms with Crippen molar-refractivity contribution in [3.8, 4) is 0 Å². The molecule has 0 spiro atoms. The first-order chi connectivity index (χ1) is 25.8. The molecule has 0 aromatic heterocycles. The number of cyclic esters (lactones) is 1. The summed E-state index contributed by atoms with van der Waals surface area (Å²) in [6.45, 7) is 16.0. The minimum atomic E-state index is -1.85. The van der Waals surface area contributed by atoms with E-state index >= 15 is 0 Å². The standard InChI is InChI=1S/C39H71IN2O14/c1-20-17-37(7,48)33(55-35-30(51-15-14-27(43)44)26(41(10)11)16-21(2)52-35)22(3)29(54-28-18-38(8,50-13)32(46)25(6)53-28)23(4)34(47)56-36(40)39(9,49)31(45)24(5)42(12)19-20/h20-26,28-33,35-36,45-46,48-49H,14-19H2,1-13H3,(H,43,44)/t20-,21-,22+,23-,24-,25+,26+,28+,29+,30-,31-,32+,33-,35+,36+,37-,38-,39+/m1/s1. The van der Waals surface area contributed by atoms with Gasteiger partial charge in [-0.25, -0.2) is 0 Å². The zero-order valence-corrected chi connectivity index (χ0v) is 37.7. The number of esters is 1. The molecule has 0 aromatic carbocycles. The van der Waals surface area contributed by atoms with Crippen LogP contribution in [-0.4, -0.2) is 177 Å². The number of likely N-dealkylation sites (N-methyl/N-ethyl adjacent to an activating group) is 2. The first-order valence-corrected chi connectivity index (χ1v) is 21.0. The molecule has 3 heterocycles. The Morgan fingerprint density at radius 3 is 2.18 bits per heavy atom. The molecule has 3 rings (SSSR count). The number of rotatable bonds is 10. The van der Waals surface area contributed by atoms with Crippen molar-refractivity contribution in [1.82, 2.24) is 9.80 Å². The Kier molecular flexibility index (Phi) is 17.8. The molecule has 0 amide bonds. The number of nitrogens with zero attached hydrogens (tertiary/aromatic N) is 2. The number of carbonyl (C=O) groups is 2. The molecule has 0 saturated carbocycles. The van der Waals surface area contributed by atoms with Gasteiger partial charge in [-0.1, -0.05) is 13.8 Å². The van der Waals surface area contributed by atoms with Gasteiger partial charge in [0.05, 0.1) is 54.6 Å². The van der Waals surface area contributed by atoms with E-state index in [0.29, 0.717) is 13.0 Å². The van der Waals surface area contributed by atoms with E-state index < -0.39 is 99.9 Å². The smallest absolute Gasteiger partial charge is 0.312 e. The van der Waals surface area contributed by atoms with Crippen LogP contribution in [-0.2, 0) is 42.7 Å². The third-order valence-corrected chi connectivity index (χ3v) is 13.7. The number of aliphatic hydroxyl groups excluding tert-OH is 2. The Balaban J connectivity index is 2.20. The number of hydrogen-bond acceptors (Lipinski definition) is 15. The number of carbonyl (C=O) groups excluding carboxylic acids is 1. The van der Waals surface area contributed by atoms with E-state index in [0.717, 1.165) is 0 Å². The number of hydrogen-bond donors (Lipinski definition) is 5. The fraction of sp³-hybridized carbons (Fsp3) is 0.949. The van der Waals surface area contributed by atoms with Gasteiger partial charge in [-0.3, -0.25) is 9.59 Å². The van der Waals surface area contributed by atoms with Crippen LogP contribution in [0.3, 0.4) is 0 Å². The highest BCUT2D eigenvalue weighted by molar-refractivity contribution is 14.1. The number of halogens is 1. The van der Waals surface area contributed by atoms with Crippen molar-refractivity contribution < 1.29 is 68.3 Å². The maximum Gasteiger partial charge on any atom is 0.312 e. The molecule has 3 aliphatic rings. The monoisotopic (exact) mass is 918 g/mol. The molecule has 0 unspecified atom stereocenters. The molecule has 3 saturated heterocycles. The molecule has 328 valence electrons. The van der Waals surface area contributed by atoms with E-state index in [9.17, 15) is 35.1 Å². The van der Waals surface area contributed by atoms with Crippen molar-refractivity contribution in [2.45, 2.75) is 176 Å². The predicted molar refractivity (Wildman–Crippen MR) is 214 cm³/mol. The molecular formula is C39H71IN2O14. The van der Waals surface area contributed by atoms with E-state index in [2.05, 4.69) is 0 Å². The Morgan fingerprint density at radius 2 is 1.61 bits per heavy atom. The predicted octanol–water partition coefficient (Wildman–Crippen LogP) is 2.38. The summed E-state index contributed by atoms with van der Waals surface area (Å²) in [5, 5.41) is 56.0. The number of aliphatic hydroxyl groups is 4. The highest BCUT2D eigenvalue weighted by Crippen LogP contribution is 2.40. The van der Waals surface area contributed by atoms with E-state index in [1.807, 2.05) is 67.4 Å². The van der Waals surface area contributed by atoms with Crippen LogP contribution in [0.15, 0.2) is 0 Å². The molecule has 5 N–H and O–H groups in total. The van der Waals surface area contributed by atoms with Crippen molar-refractivity contribution in [2.24, 2.45) is 17.8 Å². The van der Waals surface area contributed by atoms with Gasteiger partial charge >= 0.3 is 11.9 Å². The molecule has 3 aliphatic heterocycles. The third kappa shape index (κ3) is 11.9. The summed E-state index contributed by atoms with van der Waals surface area (Å²) in [5.41, 5.74) is -4.51. The van der Waals surface area contributed by atoms with Gasteiger partial charge in [0.25, 0.3) is 0 Å². The minimum Gasteiger partial charge on any atom is -0.481 e. The molecule has 3 fully saturated rings. The first kappa shape index (κ1) is 49.6. The van der Waals surface area contributed by atoms with Crippen LogP contribution in [0.4, 0.5) is 0 Å². The highest BCUT2D eigenvalue weighted by atomic mass is 127. The van der Waals surface area contributed by atoms with Crippen LogP contribution in [0, 0.1) is 17.8 Å². The topological polar surface area (TPSA) is 206 Å². The van der Waals surface area contributed by atoms with Crippen LogP contribution in [0.2, 0.25) is 0 Å². The summed E-state index contributed by atoms with van der Waals surface area (Å²) in [4.78, 5) is 29.5. The van der Waals surface area contributed by atoms with Crippen molar-refractivity contribution in [1.29, 1.82) is 0 Å². The van der Waals surface area contributed by atoms with Gasteiger partial charge in [0.2, 0.25) is 0 Å². The maximum absolute atomic E-state index is 14.2. The summed E-state index contributed by atoms with van der Waals surface area (Å²) < 4.78 is 42.9. The number of methoxy groups -OCH3 is 1. The average Bonchev–Trinajstić information content (AvgIpc) is 3.09. The van der Waals surface area contributed by atoms with E-state index in [4.69, 9.17) is 33.2 Å². The van der Waals surface area contributed by atoms with Crippen molar-refractivity contribution in [3.63, 3.8) is 0 Å². The summed E-state index contributed by atoms with van der Waals surface area (Å²) in [6.07, 6.45) is -7.59. The molecule has 17 heteroatoms. The SMILES string of the molecule is CO[C@]1(C)C[C@H](O[C@H]2[C@H](C)[C@@H](O[C@@H]3O[C@H](C)C[C@H](N(C)C)[C@H]3OCCC(=O)O)[C@](C)(O)C[C@@H](C)CN(C)[C@H](C)[C@@H](O)[C@](C)(O)[C@@H](I)OC(=O)[C@@H]2C)O[C@@H](C)[C@@H]1O. The normalized spacial score (nSPS) is 46.8. The number of carboxylic acid groups (broad SMARTS) is 1. The lowest BCUT2D eigenvalue weighted by molar-refractivity contribution is -0.321. The summed E-state index contributed by atoms with van der Waals surface area (Å²) in [6, 6.07) is -0.803. The van der Waals surface area contributed by atoms with Gasteiger partial charge < -0.3 is 68.5 Å². The molecule has 0 aromatic rings. The van der Waals surface area contributed by atoms with Crippen LogP contribution >= 0.6 is 22.6 Å². The van der Waals surface area contributed by atoms with Gasteiger partial charge in [0.1, 0.15) is 23.9 Å². The van der Waals surface area contributed by atoms with Crippen LogP contribution in [0.1, 0.15) is 88.0 Å². The zero-order chi connectivity index (χ0) is 42.7. The molecule has 16 nitrogen and oxygen atoms in total. The molecule has 0 aliphatic carbocycles. The fourth-order valence-corrected chi connectivity index (χ4v) is 9.21. The molecular weight excluding hydrogens is 847 g/mol. The van der Waals surface area contributed by atoms with Gasteiger partial charge in [-0.2, -0.15) is 0 Å². The van der Waals surface area contributed by atoms with Crippen molar-refractivity contribution >= 4 is 34.5 Å². The highest BCUT2D eigenvalue weighted by Gasteiger charge is 2.53. The Bertz CT molecular complexity index is 1280. The Labute approximate surface area is 346 Å². The second-order valence-electron chi connectivity index (χ2n) is 17.6. The quantitative estimate of drug-likeness (QED) is 0.121. The average molecular weight is 919 g/mol. The lowest BCUT2D eigenvalue weighted by Gasteiger charge is -2.49. The van der Waals surface area contributed by atoms with Gasteiger partial charge in [0.15, 0.2) is 16.7 Å². The summed E-state index contributed by atoms with van der Waals surface area (Å²) >= 11 is 1.82. The van der Waals surface area contributed by atoms with Crippen LogP contribution in [0.5, 0.6) is 0 Å². The molecule has 18 atom stereocenters. The summed E-state index contributed by atoms with van der Waals surface area (Å²) in [7, 11) is 7.11. The molecule has 56 heavy (non-hydrogen) atoms. The number of ether oxygens (including phenoxy) is 7. The van der Waals surface area contributed by atoms with E-state index in [1.165, 1.54) is 14.0 Å². The Morgan fingerprint density at radius 1 is 0.982 bits per heavy atom. The maximum atomic E-state index is 14.2. The molecule has 0 radical (unpaired) electrons. The van der Waals surface area contributed by atoms with Crippen LogP contribution < -0.4 is 0 Å². The second-order valence-corrected chi connectivity index (χ2v) is 18.7. The van der Waals surface area contributed by atoms with Gasteiger partial charge in [-0.05, 0) is 111 Å². The lowest BCUT2D eigenvalue weighted by Crippen LogP contribution is -2.61. The van der Waals surface area contributed by atoms with E-state index in [1.54, 1.807) is 41.5 Å². The zero-order valence-electron chi connectivity index (χ0n) is 35.6. The Hall–Kier alpha value is -0.810. The van der Waals surface area contributed by atoms with Crippen LogP contribution in [0.25, 0.3) is 0 Å². The van der Waals surface area contributed by atoms with Crippen molar-refractivity contribution in [3.05, 3.63) is 0 Å². The number of aliphatic carboxylic acids is 1. The number of carboxylic acids is 1. The second kappa shape index (κ2) is 20.2. The number of alkyl halides is 1. The largest absolute Gasteiger partial charge is 0.481 e.